The average molecular weight is 112 g/mol. The second-order valence-electron chi connectivity index (χ2n) is 2.58. The van der Waals surface area contributed by atoms with Crippen LogP contribution in [-0.2, 0) is 9.53 Å². The molecule has 1 saturated heterocycles. The van der Waals surface area contributed by atoms with E-state index in [4.69, 9.17) is 4.74 Å². The first kappa shape index (κ1) is 4.50. The number of ketones is 1. The smallest absolute Gasteiger partial charge is 0.161 e. The van der Waals surface area contributed by atoms with Crippen LogP contribution in [-0.4, -0.2) is 19.0 Å². The van der Waals surface area contributed by atoms with Gasteiger partial charge >= 0.3 is 0 Å². The van der Waals surface area contributed by atoms with Crippen LogP contribution >= 0.6 is 0 Å². The maximum Gasteiger partial charge on any atom is 0.161 e. The molecule has 1 saturated carbocycles. The zero-order valence-electron chi connectivity index (χ0n) is 4.59. The molecule has 2 unspecified atom stereocenters. The fourth-order valence-electron chi connectivity index (χ4n) is 1.24. The lowest BCUT2D eigenvalue weighted by atomic mass is 10.2. The van der Waals surface area contributed by atoms with E-state index >= 15 is 0 Å². The van der Waals surface area contributed by atoms with Crippen molar-refractivity contribution in [2.24, 2.45) is 11.8 Å². The van der Waals surface area contributed by atoms with Crippen LogP contribution in [0.5, 0.6) is 0 Å². The zero-order chi connectivity index (χ0) is 5.56. The molecule has 1 aliphatic carbocycles. The summed E-state index contributed by atoms with van der Waals surface area (Å²) in [4.78, 5) is 10.7. The summed E-state index contributed by atoms with van der Waals surface area (Å²) in [5.74, 6) is 1.33. The number of carbonyl (C=O) groups excluding carboxylic acids is 1. The van der Waals surface area contributed by atoms with Crippen molar-refractivity contribution in [2.45, 2.75) is 6.42 Å². The number of ether oxygens (including phenoxy) is 1. The molecule has 0 aromatic carbocycles. The molecule has 0 amide bonds. The fourth-order valence-corrected chi connectivity index (χ4v) is 1.24. The van der Waals surface area contributed by atoms with Crippen molar-refractivity contribution in [2.75, 3.05) is 13.2 Å². The van der Waals surface area contributed by atoms with Gasteiger partial charge in [-0.3, -0.25) is 4.79 Å². The Kier molecular flexibility index (Phi) is 0.742. The van der Waals surface area contributed by atoms with E-state index in [0.717, 1.165) is 13.0 Å². The van der Waals surface area contributed by atoms with Crippen molar-refractivity contribution in [3.05, 3.63) is 0 Å². The van der Waals surface area contributed by atoms with E-state index in [2.05, 4.69) is 0 Å². The van der Waals surface area contributed by atoms with Gasteiger partial charge in [-0.25, -0.2) is 0 Å². The van der Waals surface area contributed by atoms with Crippen LogP contribution in [0.2, 0.25) is 0 Å². The highest BCUT2D eigenvalue weighted by Crippen LogP contribution is 2.41. The van der Waals surface area contributed by atoms with E-state index < -0.39 is 0 Å². The van der Waals surface area contributed by atoms with Gasteiger partial charge in [-0.1, -0.05) is 0 Å². The van der Waals surface area contributed by atoms with Gasteiger partial charge in [0.1, 0.15) is 6.61 Å². The number of rotatable bonds is 0. The van der Waals surface area contributed by atoms with Gasteiger partial charge in [-0.2, -0.15) is 0 Å². The number of fused-ring (bicyclic) bond motifs is 1. The van der Waals surface area contributed by atoms with Crippen molar-refractivity contribution in [3.8, 4) is 0 Å². The van der Waals surface area contributed by atoms with Gasteiger partial charge in [-0.05, 0) is 12.3 Å². The molecule has 2 atom stereocenters. The van der Waals surface area contributed by atoms with Crippen LogP contribution in [0.1, 0.15) is 6.42 Å². The minimum atomic E-state index is 0.321. The molecule has 0 bridgehead atoms. The summed E-state index contributed by atoms with van der Waals surface area (Å²) in [5, 5.41) is 0. The van der Waals surface area contributed by atoms with E-state index in [9.17, 15) is 4.79 Å². The predicted molar refractivity (Wildman–Crippen MR) is 27.4 cm³/mol. The minimum Gasteiger partial charge on any atom is -0.373 e. The highest BCUT2D eigenvalue weighted by atomic mass is 16.5. The van der Waals surface area contributed by atoms with Gasteiger partial charge in [-0.15, -0.1) is 0 Å². The van der Waals surface area contributed by atoms with Crippen LogP contribution in [0.3, 0.4) is 0 Å². The van der Waals surface area contributed by atoms with Crippen molar-refractivity contribution >= 4 is 5.78 Å². The van der Waals surface area contributed by atoms with Crippen molar-refractivity contribution in [1.82, 2.24) is 0 Å². The number of Topliss-reactive ketones (excluding diaryl/α,β-unsaturated/α-hetero) is 1. The Labute approximate surface area is 47.8 Å². The third-order valence-electron chi connectivity index (χ3n) is 1.91. The molecule has 8 heavy (non-hydrogen) atoms. The standard InChI is InChI=1S/C6H8O2/c7-6-3-8-2-4-1-5(4)6/h4-5H,1-3H2. The molecule has 0 radical (unpaired) electrons. The Balaban J connectivity index is 2.08. The molecule has 1 heterocycles. The Morgan fingerprint density at radius 1 is 1.62 bits per heavy atom. The monoisotopic (exact) mass is 112 g/mol. The van der Waals surface area contributed by atoms with E-state index in [0.29, 0.717) is 24.2 Å². The van der Waals surface area contributed by atoms with Crippen molar-refractivity contribution in [1.29, 1.82) is 0 Å². The maximum atomic E-state index is 10.7. The summed E-state index contributed by atoms with van der Waals surface area (Å²) in [6, 6.07) is 0. The van der Waals surface area contributed by atoms with Crippen LogP contribution in [0.25, 0.3) is 0 Å². The molecule has 2 fully saturated rings. The first-order chi connectivity index (χ1) is 3.88. The van der Waals surface area contributed by atoms with Crippen LogP contribution in [0, 0.1) is 11.8 Å². The average Bonchev–Trinajstić information content (AvgIpc) is 2.45. The first-order valence-corrected chi connectivity index (χ1v) is 2.98. The molecular weight excluding hydrogens is 104 g/mol. The summed E-state index contributed by atoms with van der Waals surface area (Å²) < 4.78 is 4.99. The molecule has 44 valence electrons. The topological polar surface area (TPSA) is 26.3 Å². The molecule has 2 rings (SSSR count). The summed E-state index contributed by atoms with van der Waals surface area (Å²) in [5.41, 5.74) is 0. The third kappa shape index (κ3) is 0.494. The predicted octanol–water partition coefficient (Wildman–Crippen LogP) is 0.222. The van der Waals surface area contributed by atoms with Crippen molar-refractivity contribution in [3.63, 3.8) is 0 Å². The number of hydrogen-bond acceptors (Lipinski definition) is 2. The minimum absolute atomic E-state index is 0.321. The van der Waals surface area contributed by atoms with Gasteiger partial charge in [0, 0.05) is 5.92 Å². The second kappa shape index (κ2) is 1.32. The normalized spacial score (nSPS) is 43.8. The van der Waals surface area contributed by atoms with E-state index in [-0.39, 0.29) is 0 Å². The van der Waals surface area contributed by atoms with Gasteiger partial charge in [0.25, 0.3) is 0 Å². The van der Waals surface area contributed by atoms with Gasteiger partial charge in [0.05, 0.1) is 6.61 Å². The lowest BCUT2D eigenvalue weighted by molar-refractivity contribution is -0.128. The molecule has 2 aliphatic rings. The summed E-state index contributed by atoms with van der Waals surface area (Å²) >= 11 is 0. The van der Waals surface area contributed by atoms with Crippen LogP contribution in [0.15, 0.2) is 0 Å². The quantitative estimate of drug-likeness (QED) is 0.448. The molecule has 2 nitrogen and oxygen atoms in total. The Morgan fingerprint density at radius 2 is 2.50 bits per heavy atom. The van der Waals surface area contributed by atoms with Gasteiger partial charge in [0.2, 0.25) is 0 Å². The lowest BCUT2D eigenvalue weighted by Gasteiger charge is -2.06. The molecule has 2 heteroatoms. The number of hydrogen-bond donors (Lipinski definition) is 0. The highest BCUT2D eigenvalue weighted by Gasteiger charge is 2.45. The SMILES string of the molecule is O=C1COCC2CC12. The Morgan fingerprint density at radius 3 is 3.12 bits per heavy atom. The molecule has 0 spiro atoms. The summed E-state index contributed by atoms with van der Waals surface area (Å²) in [6.07, 6.45) is 1.10. The lowest BCUT2D eigenvalue weighted by Crippen LogP contribution is -2.19. The van der Waals surface area contributed by atoms with Gasteiger partial charge < -0.3 is 4.74 Å². The van der Waals surface area contributed by atoms with Crippen molar-refractivity contribution < 1.29 is 9.53 Å². The summed E-state index contributed by atoms with van der Waals surface area (Å²) in [7, 11) is 0. The van der Waals surface area contributed by atoms with E-state index in [1.54, 1.807) is 0 Å². The Bertz CT molecular complexity index is 130. The van der Waals surface area contributed by atoms with E-state index in [1.165, 1.54) is 0 Å². The van der Waals surface area contributed by atoms with E-state index in [1.807, 2.05) is 0 Å². The molecule has 0 aromatic rings. The highest BCUT2D eigenvalue weighted by molar-refractivity contribution is 5.85. The first-order valence-electron chi connectivity index (χ1n) is 2.98. The summed E-state index contributed by atoms with van der Waals surface area (Å²) in [6.45, 7) is 1.21. The number of carbonyl (C=O) groups is 1. The second-order valence-corrected chi connectivity index (χ2v) is 2.58. The molecule has 0 N–H and O–H groups in total. The molecule has 1 aliphatic heterocycles. The largest absolute Gasteiger partial charge is 0.373 e. The van der Waals surface area contributed by atoms with Crippen LogP contribution < -0.4 is 0 Å². The third-order valence-corrected chi connectivity index (χ3v) is 1.91. The molecular formula is C6H8O2. The van der Waals surface area contributed by atoms with Gasteiger partial charge in [0.15, 0.2) is 5.78 Å². The van der Waals surface area contributed by atoms with Crippen LogP contribution in [0.4, 0.5) is 0 Å². The Hall–Kier alpha value is -0.370. The maximum absolute atomic E-state index is 10.7. The zero-order valence-corrected chi connectivity index (χ0v) is 4.59. The molecule has 0 aromatic heterocycles. The fraction of sp³-hybridized carbons (Fsp3) is 0.833.